The first-order chi connectivity index (χ1) is 11.0. The van der Waals surface area contributed by atoms with Crippen LogP contribution in [0.2, 0.25) is 0 Å². The van der Waals surface area contributed by atoms with Crippen LogP contribution >= 0.6 is 11.8 Å². The molecule has 2 N–H and O–H groups in total. The highest BCUT2D eigenvalue weighted by molar-refractivity contribution is 7.98. The second-order valence-electron chi connectivity index (χ2n) is 4.78. The number of hydrogen-bond acceptors (Lipinski definition) is 4. The van der Waals surface area contributed by atoms with Crippen LogP contribution in [0.4, 0.5) is 11.4 Å². The number of benzene rings is 2. The van der Waals surface area contributed by atoms with Crippen molar-refractivity contribution < 1.29 is 14.3 Å². The molecule has 0 spiro atoms. The van der Waals surface area contributed by atoms with E-state index in [0.717, 1.165) is 4.90 Å². The molecule has 5 nitrogen and oxygen atoms in total. The highest BCUT2D eigenvalue weighted by Crippen LogP contribution is 2.26. The van der Waals surface area contributed by atoms with E-state index in [4.69, 9.17) is 4.74 Å². The van der Waals surface area contributed by atoms with Crippen molar-refractivity contribution in [3.05, 3.63) is 48.0 Å². The summed E-state index contributed by atoms with van der Waals surface area (Å²) < 4.78 is 5.29. The number of amides is 2. The van der Waals surface area contributed by atoms with Crippen LogP contribution in [0.25, 0.3) is 0 Å². The van der Waals surface area contributed by atoms with Crippen LogP contribution in [0.15, 0.2) is 47.4 Å². The largest absolute Gasteiger partial charge is 0.496 e. The standard InChI is InChI=1S/C17H18N2O3S/c1-11(20)18-12-5-4-6-13(9-12)19-17(21)15-8-7-14(23-3)10-16(15)22-2/h4-10H,1-3H3,(H,18,20)(H,19,21). The summed E-state index contributed by atoms with van der Waals surface area (Å²) in [6, 6.07) is 12.4. The van der Waals surface area contributed by atoms with Crippen LogP contribution in [0, 0.1) is 0 Å². The van der Waals surface area contributed by atoms with Crippen LogP contribution in [-0.2, 0) is 4.79 Å². The molecule has 2 aromatic carbocycles. The van der Waals surface area contributed by atoms with Gasteiger partial charge in [0, 0.05) is 23.2 Å². The summed E-state index contributed by atoms with van der Waals surface area (Å²) in [5.41, 5.74) is 1.67. The fourth-order valence-corrected chi connectivity index (χ4v) is 2.49. The van der Waals surface area contributed by atoms with Gasteiger partial charge in [0.15, 0.2) is 0 Å². The predicted octanol–water partition coefficient (Wildman–Crippen LogP) is 3.63. The maximum atomic E-state index is 12.4. The van der Waals surface area contributed by atoms with Gasteiger partial charge in [-0.25, -0.2) is 0 Å². The third kappa shape index (κ3) is 4.50. The molecule has 0 aromatic heterocycles. The fraction of sp³-hybridized carbons (Fsp3) is 0.176. The Morgan fingerprint density at radius 1 is 1.04 bits per heavy atom. The molecule has 0 aliphatic rings. The molecule has 0 aliphatic carbocycles. The molecular weight excluding hydrogens is 312 g/mol. The highest BCUT2D eigenvalue weighted by atomic mass is 32.2. The van der Waals surface area contributed by atoms with Crippen molar-refractivity contribution in [2.75, 3.05) is 24.0 Å². The summed E-state index contributed by atoms with van der Waals surface area (Å²) in [7, 11) is 1.54. The molecule has 23 heavy (non-hydrogen) atoms. The van der Waals surface area contributed by atoms with Gasteiger partial charge in [0.05, 0.1) is 12.7 Å². The second kappa shape index (κ2) is 7.69. The lowest BCUT2D eigenvalue weighted by Crippen LogP contribution is -2.13. The number of rotatable bonds is 5. The van der Waals surface area contributed by atoms with E-state index in [0.29, 0.717) is 22.7 Å². The number of hydrogen-bond donors (Lipinski definition) is 2. The molecule has 120 valence electrons. The van der Waals surface area contributed by atoms with Gasteiger partial charge >= 0.3 is 0 Å². The Labute approximate surface area is 139 Å². The lowest BCUT2D eigenvalue weighted by atomic mass is 10.1. The van der Waals surface area contributed by atoms with Crippen LogP contribution in [0.1, 0.15) is 17.3 Å². The number of thioether (sulfide) groups is 1. The summed E-state index contributed by atoms with van der Waals surface area (Å²) in [6.07, 6.45) is 1.96. The Morgan fingerprint density at radius 3 is 2.35 bits per heavy atom. The Morgan fingerprint density at radius 2 is 1.74 bits per heavy atom. The van der Waals surface area contributed by atoms with Crippen molar-refractivity contribution in [2.45, 2.75) is 11.8 Å². The predicted molar refractivity (Wildman–Crippen MR) is 93.5 cm³/mol. The molecule has 2 aromatic rings. The Hall–Kier alpha value is -2.47. The van der Waals surface area contributed by atoms with Crippen molar-refractivity contribution in [1.82, 2.24) is 0 Å². The van der Waals surface area contributed by atoms with Gasteiger partial charge in [-0.15, -0.1) is 11.8 Å². The van der Waals surface area contributed by atoms with E-state index in [2.05, 4.69) is 10.6 Å². The highest BCUT2D eigenvalue weighted by Gasteiger charge is 2.13. The maximum absolute atomic E-state index is 12.4. The number of methoxy groups -OCH3 is 1. The third-order valence-electron chi connectivity index (χ3n) is 3.09. The summed E-state index contributed by atoms with van der Waals surface area (Å²) in [4.78, 5) is 24.6. The van der Waals surface area contributed by atoms with Gasteiger partial charge in [0.2, 0.25) is 5.91 Å². The summed E-state index contributed by atoms with van der Waals surface area (Å²) in [5, 5.41) is 5.49. The van der Waals surface area contributed by atoms with E-state index in [1.165, 1.54) is 14.0 Å². The molecule has 0 radical (unpaired) electrons. The van der Waals surface area contributed by atoms with E-state index >= 15 is 0 Å². The number of carbonyl (C=O) groups is 2. The zero-order valence-corrected chi connectivity index (χ0v) is 14.0. The average molecular weight is 330 g/mol. The zero-order chi connectivity index (χ0) is 16.8. The normalized spacial score (nSPS) is 10.0. The monoisotopic (exact) mass is 330 g/mol. The molecule has 0 unspecified atom stereocenters. The first-order valence-corrected chi connectivity index (χ1v) is 8.17. The van der Waals surface area contributed by atoms with Gasteiger partial charge in [0.25, 0.3) is 5.91 Å². The molecule has 0 saturated carbocycles. The molecule has 2 amide bonds. The molecule has 2 rings (SSSR count). The van der Waals surface area contributed by atoms with Crippen molar-refractivity contribution in [3.8, 4) is 5.75 Å². The quantitative estimate of drug-likeness (QED) is 0.822. The van der Waals surface area contributed by atoms with Crippen LogP contribution < -0.4 is 15.4 Å². The minimum absolute atomic E-state index is 0.164. The van der Waals surface area contributed by atoms with Gasteiger partial charge < -0.3 is 15.4 Å². The van der Waals surface area contributed by atoms with Gasteiger partial charge in [-0.1, -0.05) is 6.07 Å². The smallest absolute Gasteiger partial charge is 0.259 e. The number of carbonyl (C=O) groups excluding carboxylic acids is 2. The van der Waals surface area contributed by atoms with Crippen molar-refractivity contribution in [3.63, 3.8) is 0 Å². The second-order valence-corrected chi connectivity index (χ2v) is 5.66. The Kier molecular flexibility index (Phi) is 5.65. The fourth-order valence-electron chi connectivity index (χ4n) is 2.06. The molecule has 0 aliphatic heterocycles. The molecule has 6 heteroatoms. The van der Waals surface area contributed by atoms with Crippen LogP contribution in [0.5, 0.6) is 5.75 Å². The molecule has 0 fully saturated rings. The first kappa shape index (κ1) is 16.9. The SMILES string of the molecule is COc1cc(SC)ccc1C(=O)Nc1cccc(NC(C)=O)c1. The topological polar surface area (TPSA) is 67.4 Å². The van der Waals surface area contributed by atoms with Crippen molar-refractivity contribution in [2.24, 2.45) is 0 Å². The number of ether oxygens (including phenoxy) is 1. The molecule has 0 atom stereocenters. The minimum atomic E-state index is -0.269. The zero-order valence-electron chi connectivity index (χ0n) is 13.2. The lowest BCUT2D eigenvalue weighted by molar-refractivity contribution is -0.114. The third-order valence-corrected chi connectivity index (χ3v) is 3.82. The van der Waals surface area contributed by atoms with Gasteiger partial charge in [-0.2, -0.15) is 0 Å². The molecule has 0 saturated heterocycles. The Balaban J connectivity index is 2.20. The number of anilines is 2. The molecule has 0 heterocycles. The van der Waals surface area contributed by atoms with Gasteiger partial charge in [-0.05, 0) is 42.7 Å². The van der Waals surface area contributed by atoms with Crippen LogP contribution in [-0.4, -0.2) is 25.2 Å². The lowest BCUT2D eigenvalue weighted by Gasteiger charge is -2.11. The summed E-state index contributed by atoms with van der Waals surface area (Å²) >= 11 is 1.58. The number of nitrogens with one attached hydrogen (secondary N) is 2. The molecular formula is C17H18N2O3S. The van der Waals surface area contributed by atoms with E-state index in [1.807, 2.05) is 18.4 Å². The molecule has 0 bridgehead atoms. The van der Waals surface area contributed by atoms with Crippen molar-refractivity contribution in [1.29, 1.82) is 0 Å². The van der Waals surface area contributed by atoms with Crippen LogP contribution in [0.3, 0.4) is 0 Å². The van der Waals surface area contributed by atoms with E-state index in [-0.39, 0.29) is 11.8 Å². The minimum Gasteiger partial charge on any atom is -0.496 e. The average Bonchev–Trinajstić information content (AvgIpc) is 2.53. The Bertz CT molecular complexity index is 732. The van der Waals surface area contributed by atoms with E-state index in [1.54, 1.807) is 42.1 Å². The maximum Gasteiger partial charge on any atom is 0.259 e. The van der Waals surface area contributed by atoms with E-state index in [9.17, 15) is 9.59 Å². The van der Waals surface area contributed by atoms with Gasteiger partial charge in [0.1, 0.15) is 5.75 Å². The van der Waals surface area contributed by atoms with Crippen molar-refractivity contribution >= 4 is 35.0 Å². The summed E-state index contributed by atoms with van der Waals surface area (Å²) in [5.74, 6) is 0.0876. The summed E-state index contributed by atoms with van der Waals surface area (Å²) in [6.45, 7) is 1.43. The van der Waals surface area contributed by atoms with Gasteiger partial charge in [-0.3, -0.25) is 9.59 Å². The first-order valence-electron chi connectivity index (χ1n) is 6.94. The van der Waals surface area contributed by atoms with E-state index < -0.39 is 0 Å².